The van der Waals surface area contributed by atoms with Crippen molar-refractivity contribution in [3.05, 3.63) is 437 Å². The summed E-state index contributed by atoms with van der Waals surface area (Å²) in [6, 6.07) is 155. The van der Waals surface area contributed by atoms with Gasteiger partial charge in [0, 0.05) is 126 Å². The van der Waals surface area contributed by atoms with Crippen molar-refractivity contribution in [3.8, 4) is 107 Å². The lowest BCUT2D eigenvalue weighted by molar-refractivity contribution is 0.620. The zero-order valence-corrected chi connectivity index (χ0v) is 74.0. The third-order valence-corrected chi connectivity index (χ3v) is 30.3. The molecular weight excluding hydrogens is 1690 g/mol. The van der Waals surface area contributed by atoms with E-state index in [0.717, 1.165) is 76.4 Å². The molecule has 0 N–H and O–H groups in total. The predicted octanol–water partition coefficient (Wildman–Crippen LogP) is 33.7. The predicted molar refractivity (Wildman–Crippen MR) is 559 cm³/mol. The normalized spacial score (nSPS) is 11.8. The van der Waals surface area contributed by atoms with Crippen LogP contribution in [0.25, 0.3) is 254 Å². The van der Waals surface area contributed by atoms with Crippen molar-refractivity contribution < 1.29 is 4.42 Å². The molecule has 0 aliphatic carbocycles. The number of hydrogen-bond acceptors (Lipinski definition) is 10. The molecule has 0 amide bonds. The van der Waals surface area contributed by atoms with Crippen LogP contribution in [0.4, 0.5) is 0 Å². The second kappa shape index (κ2) is 31.8. The minimum atomic E-state index is 0.639. The van der Waals surface area contributed by atoms with E-state index >= 15 is 0 Å². The highest BCUT2D eigenvalue weighted by Gasteiger charge is 2.27. The number of thiophene rings is 3. The third kappa shape index (κ3) is 12.9. The SMILES string of the molecule is c1ccc(-c2ccc(-c3nc(-c4ccccc4)nc(-c4c(-n5c6ccccc6c6ccccc65)ccc5c4sc4ccccc45)n3)cc2)cc1.c1ccc2oc(-c3ccc(-c4c(-n5c6ccccc6c6ccccc65)ccc5c4sc4ccccc45)cc3)nc2c1.c1ccc2sc(-c3ccc(-c4c(-n5c6ccccc6c6ccccc65)ccc5c4sc4ccccc45)cc3)nc2c1. The number of fused-ring (bicyclic) bond motifs is 20. The topological polar surface area (TPSA) is 92.4 Å². The fourth-order valence-electron chi connectivity index (χ4n) is 19.5. The van der Waals surface area contributed by atoms with Gasteiger partial charge < -0.3 is 18.1 Å². The fourth-order valence-corrected chi connectivity index (χ4v) is 24.3. The van der Waals surface area contributed by atoms with Crippen molar-refractivity contribution in [2.24, 2.45) is 0 Å². The molecule has 618 valence electrons. The molecular formula is C119H72N8OS4. The van der Waals surface area contributed by atoms with Crippen LogP contribution >= 0.6 is 45.3 Å². The largest absolute Gasteiger partial charge is 0.436 e. The summed E-state index contributed by atoms with van der Waals surface area (Å²) in [4.78, 5) is 25.3. The van der Waals surface area contributed by atoms with Crippen LogP contribution in [0.3, 0.4) is 0 Å². The van der Waals surface area contributed by atoms with Gasteiger partial charge in [0.05, 0.1) is 65.9 Å². The van der Waals surface area contributed by atoms with E-state index in [4.69, 9.17) is 29.3 Å². The Morgan fingerprint density at radius 2 is 0.485 bits per heavy atom. The minimum absolute atomic E-state index is 0.639. The third-order valence-electron chi connectivity index (χ3n) is 25.6. The Morgan fingerprint density at radius 1 is 0.182 bits per heavy atom. The minimum Gasteiger partial charge on any atom is -0.436 e. The Morgan fingerprint density at radius 3 is 0.909 bits per heavy atom. The first-order valence-corrected chi connectivity index (χ1v) is 47.4. The number of benzene rings is 19. The van der Waals surface area contributed by atoms with Crippen molar-refractivity contribution in [3.63, 3.8) is 0 Å². The number of aromatic nitrogens is 8. The lowest BCUT2D eigenvalue weighted by Crippen LogP contribution is -2.04. The molecule has 19 aromatic carbocycles. The molecule has 0 aliphatic heterocycles. The average molecular weight is 1760 g/mol. The van der Waals surface area contributed by atoms with Gasteiger partial charge in [-0.25, -0.2) is 24.9 Å². The lowest BCUT2D eigenvalue weighted by Gasteiger charge is -2.16. The van der Waals surface area contributed by atoms with Crippen LogP contribution in [0.15, 0.2) is 441 Å². The van der Waals surface area contributed by atoms with Crippen molar-refractivity contribution in [2.75, 3.05) is 0 Å². The maximum Gasteiger partial charge on any atom is 0.227 e. The molecule has 13 heteroatoms. The summed E-state index contributed by atoms with van der Waals surface area (Å²) in [5, 5.41) is 16.2. The second-order valence-electron chi connectivity index (χ2n) is 33.2. The van der Waals surface area contributed by atoms with Crippen LogP contribution in [0.2, 0.25) is 0 Å². The molecule has 28 aromatic rings. The molecule has 0 saturated heterocycles. The van der Waals surface area contributed by atoms with E-state index in [1.54, 1.807) is 22.7 Å². The summed E-state index contributed by atoms with van der Waals surface area (Å²) in [6.45, 7) is 0. The van der Waals surface area contributed by atoms with E-state index in [1.165, 1.54) is 154 Å². The van der Waals surface area contributed by atoms with Gasteiger partial charge in [-0.15, -0.1) is 45.3 Å². The van der Waals surface area contributed by atoms with E-state index < -0.39 is 0 Å². The van der Waals surface area contributed by atoms with Gasteiger partial charge in [-0.1, -0.05) is 328 Å². The zero-order valence-electron chi connectivity index (χ0n) is 70.7. The van der Waals surface area contributed by atoms with Gasteiger partial charge >= 0.3 is 0 Å². The zero-order chi connectivity index (χ0) is 86.9. The first-order chi connectivity index (χ1) is 65.5. The monoisotopic (exact) mass is 1760 g/mol. The number of hydrogen-bond donors (Lipinski definition) is 0. The lowest BCUT2D eigenvalue weighted by atomic mass is 9.99. The van der Waals surface area contributed by atoms with Gasteiger partial charge in [0.1, 0.15) is 10.5 Å². The highest BCUT2D eigenvalue weighted by molar-refractivity contribution is 7.27. The molecule has 28 rings (SSSR count). The van der Waals surface area contributed by atoms with Gasteiger partial charge in [-0.05, 0) is 131 Å². The number of oxazole rings is 1. The molecule has 9 aromatic heterocycles. The van der Waals surface area contributed by atoms with Crippen molar-refractivity contribution >= 4 is 193 Å². The molecule has 0 saturated carbocycles. The molecule has 0 atom stereocenters. The van der Waals surface area contributed by atoms with E-state index in [-0.39, 0.29) is 0 Å². The maximum absolute atomic E-state index is 6.08. The molecule has 0 unspecified atom stereocenters. The molecule has 0 spiro atoms. The van der Waals surface area contributed by atoms with Crippen molar-refractivity contribution in [1.29, 1.82) is 0 Å². The van der Waals surface area contributed by atoms with E-state index in [9.17, 15) is 0 Å². The van der Waals surface area contributed by atoms with Gasteiger partial charge in [0.2, 0.25) is 5.89 Å². The molecule has 0 fully saturated rings. The smallest absolute Gasteiger partial charge is 0.227 e. The van der Waals surface area contributed by atoms with Crippen LogP contribution in [0, 0.1) is 0 Å². The average Bonchev–Trinajstić information content (AvgIpc) is 1.58. The summed E-state index contributed by atoms with van der Waals surface area (Å²) >= 11 is 7.29. The van der Waals surface area contributed by atoms with E-state index in [2.05, 4.69) is 402 Å². The summed E-state index contributed by atoms with van der Waals surface area (Å²) in [7, 11) is 0. The Balaban J connectivity index is 0.000000104. The number of nitrogens with zero attached hydrogens (tertiary/aromatic N) is 8. The molecule has 9 heterocycles. The van der Waals surface area contributed by atoms with E-state index in [1.807, 2.05) is 71.2 Å². The molecule has 132 heavy (non-hydrogen) atoms. The number of para-hydroxylation sites is 9. The van der Waals surface area contributed by atoms with Crippen LogP contribution in [0.5, 0.6) is 0 Å². The first-order valence-electron chi connectivity index (χ1n) is 44.2. The molecule has 0 aliphatic rings. The first kappa shape index (κ1) is 76.8. The van der Waals surface area contributed by atoms with Gasteiger partial charge in [-0.2, -0.15) is 0 Å². The van der Waals surface area contributed by atoms with Gasteiger partial charge in [0.15, 0.2) is 23.1 Å². The molecule has 0 bridgehead atoms. The fraction of sp³-hybridized carbons (Fsp3) is 0. The van der Waals surface area contributed by atoms with Crippen molar-refractivity contribution in [1.82, 2.24) is 38.6 Å². The van der Waals surface area contributed by atoms with Crippen LogP contribution < -0.4 is 0 Å². The quantitative estimate of drug-likeness (QED) is 0.128. The van der Waals surface area contributed by atoms with Crippen LogP contribution in [-0.2, 0) is 0 Å². The number of thiazole rings is 1. The maximum atomic E-state index is 6.08. The van der Waals surface area contributed by atoms with Crippen molar-refractivity contribution in [2.45, 2.75) is 0 Å². The Hall–Kier alpha value is -16.4. The van der Waals surface area contributed by atoms with Gasteiger partial charge in [0.25, 0.3) is 0 Å². The number of rotatable bonds is 11. The Kier molecular flexibility index (Phi) is 18.5. The Bertz CT molecular complexity index is 8850. The summed E-state index contributed by atoms with van der Waals surface area (Å²) < 4.78 is 22.2. The standard InChI is InChI=1S/C45H28N4S.C37H22N2OS.C37H22N2S2/c1-3-13-29(14-4-1)30-23-25-32(26-24-30)44-46-43(31-15-5-2-6-16-31)47-45(48-44)41-39(28-27-36-35-19-9-12-22-40(35)50-42(36)41)49-37-20-10-7-17-33(37)34-18-8-11-21-38(34)49;1-5-13-30-25(9-1)26-10-2-6-14-31(26)39(30)32-22-21-28-27-11-3-8-16-34(27)41-36(28)35(32)23-17-19-24(20-18-23)37-38-29-12-4-7-15-33(29)40-37;1-5-13-30-25(9-1)26-10-2-6-14-31(26)39(30)32-22-21-28-27-11-3-7-15-33(27)40-36(28)35(32)23-17-19-24(20-18-23)37-38-29-12-4-8-16-34(29)41-37/h1-28H;2*1-22H. The highest BCUT2D eigenvalue weighted by Crippen LogP contribution is 2.51. The molecule has 9 nitrogen and oxygen atoms in total. The molecule has 0 radical (unpaired) electrons. The Labute approximate surface area is 772 Å². The summed E-state index contributed by atoms with van der Waals surface area (Å²) in [5.74, 6) is 2.57. The van der Waals surface area contributed by atoms with Crippen LogP contribution in [-0.4, -0.2) is 38.6 Å². The van der Waals surface area contributed by atoms with E-state index in [0.29, 0.717) is 23.4 Å². The summed E-state index contributed by atoms with van der Waals surface area (Å²) in [6.07, 6.45) is 0. The highest BCUT2D eigenvalue weighted by atomic mass is 32.1. The van der Waals surface area contributed by atoms with Gasteiger partial charge in [-0.3, -0.25) is 0 Å². The second-order valence-corrected chi connectivity index (χ2v) is 37.3. The van der Waals surface area contributed by atoms with Crippen LogP contribution in [0.1, 0.15) is 0 Å². The summed E-state index contributed by atoms with van der Waals surface area (Å²) in [5.41, 5.74) is 25.5.